The van der Waals surface area contributed by atoms with Crippen molar-refractivity contribution in [2.45, 2.75) is 29.7 Å². The summed E-state index contributed by atoms with van der Waals surface area (Å²) < 4.78 is 28.7. The van der Waals surface area contributed by atoms with Gasteiger partial charge < -0.3 is 15.2 Å². The number of nitrogens with zero attached hydrogens (tertiary/aromatic N) is 3. The highest BCUT2D eigenvalue weighted by Gasteiger charge is 2.33. The van der Waals surface area contributed by atoms with Crippen LogP contribution in [0.3, 0.4) is 0 Å². The number of carbonyl (C=O) groups excluding carboxylic acids is 2. The zero-order valence-corrected chi connectivity index (χ0v) is 18.3. The molecule has 11 heteroatoms. The van der Waals surface area contributed by atoms with Gasteiger partial charge in [0.25, 0.3) is 10.0 Å². The van der Waals surface area contributed by atoms with Gasteiger partial charge in [-0.15, -0.1) is 11.8 Å². The summed E-state index contributed by atoms with van der Waals surface area (Å²) in [5.74, 6) is 0.533. The number of imidazole rings is 1. The molecule has 1 saturated heterocycles. The number of hydrogen-bond acceptors (Lipinski definition) is 6. The number of piperidine rings is 1. The van der Waals surface area contributed by atoms with Gasteiger partial charge in [-0.1, -0.05) is 0 Å². The molecule has 1 aromatic heterocycles. The lowest BCUT2D eigenvalue weighted by Gasteiger charge is -2.30. The number of fused-ring (bicyclic) bond motifs is 1. The van der Waals surface area contributed by atoms with Gasteiger partial charge in [-0.05, 0) is 38.0 Å². The van der Waals surface area contributed by atoms with E-state index in [4.69, 9.17) is 0 Å². The molecule has 9 nitrogen and oxygen atoms in total. The third-order valence-electron chi connectivity index (χ3n) is 5.40. The fraction of sp³-hybridized carbons (Fsp3) is 0.421. The standard InChI is InChI=1S/C19H23N5O4S2/c1-12-20-18(10-23(12)2)30(27,28)24-7-5-13(6-8-24)19(26)21-14-3-4-16-15(9-14)22-17(25)11-29-16/h3-4,9-10,13H,5-8,11H2,1-2H3,(H,21,26)(H,22,25). The van der Waals surface area contributed by atoms with E-state index in [1.807, 2.05) is 12.1 Å². The van der Waals surface area contributed by atoms with Crippen molar-refractivity contribution in [3.63, 3.8) is 0 Å². The highest BCUT2D eigenvalue weighted by atomic mass is 32.2. The zero-order chi connectivity index (χ0) is 21.5. The van der Waals surface area contributed by atoms with Crippen molar-refractivity contribution in [1.82, 2.24) is 13.9 Å². The maximum Gasteiger partial charge on any atom is 0.262 e. The summed E-state index contributed by atoms with van der Waals surface area (Å²) >= 11 is 1.46. The molecule has 4 rings (SSSR count). The van der Waals surface area contributed by atoms with Crippen molar-refractivity contribution in [2.75, 3.05) is 29.5 Å². The Kier molecular flexibility index (Phi) is 5.60. The normalized spacial score (nSPS) is 18.0. The molecule has 0 spiro atoms. The topological polar surface area (TPSA) is 113 Å². The molecule has 2 aliphatic rings. The van der Waals surface area contributed by atoms with Crippen molar-refractivity contribution >= 4 is 45.0 Å². The van der Waals surface area contributed by atoms with Gasteiger partial charge in [0.1, 0.15) is 5.82 Å². The third-order valence-corrected chi connectivity index (χ3v) is 8.24. The van der Waals surface area contributed by atoms with E-state index in [9.17, 15) is 18.0 Å². The Morgan fingerprint density at radius 3 is 2.70 bits per heavy atom. The molecule has 2 aliphatic heterocycles. The second-order valence-corrected chi connectivity index (χ2v) is 10.4. The fourth-order valence-electron chi connectivity index (χ4n) is 3.55. The van der Waals surface area contributed by atoms with Gasteiger partial charge in [-0.3, -0.25) is 9.59 Å². The van der Waals surface area contributed by atoms with E-state index in [2.05, 4.69) is 15.6 Å². The molecule has 2 amide bonds. The number of sulfonamides is 1. The van der Waals surface area contributed by atoms with Crippen LogP contribution in [0.5, 0.6) is 0 Å². The van der Waals surface area contributed by atoms with Crippen LogP contribution in [0.4, 0.5) is 11.4 Å². The van der Waals surface area contributed by atoms with Crippen LogP contribution in [-0.2, 0) is 26.7 Å². The quantitative estimate of drug-likeness (QED) is 0.736. The molecule has 0 saturated carbocycles. The van der Waals surface area contributed by atoms with Gasteiger partial charge in [0.05, 0.1) is 11.4 Å². The monoisotopic (exact) mass is 449 g/mol. The average Bonchev–Trinajstić information content (AvgIpc) is 3.07. The summed E-state index contributed by atoms with van der Waals surface area (Å²) in [5.41, 5.74) is 1.31. The molecule has 1 fully saturated rings. The molecule has 30 heavy (non-hydrogen) atoms. The first-order valence-electron chi connectivity index (χ1n) is 9.62. The molecule has 2 aromatic rings. The number of aryl methyl sites for hydroxylation is 2. The number of benzene rings is 1. The van der Waals surface area contributed by atoms with E-state index in [-0.39, 0.29) is 35.8 Å². The molecule has 0 atom stereocenters. The van der Waals surface area contributed by atoms with Gasteiger partial charge >= 0.3 is 0 Å². The van der Waals surface area contributed by atoms with Crippen LogP contribution in [0.2, 0.25) is 0 Å². The van der Waals surface area contributed by atoms with Crippen LogP contribution in [0.15, 0.2) is 34.3 Å². The van der Waals surface area contributed by atoms with E-state index in [1.165, 1.54) is 22.3 Å². The highest BCUT2D eigenvalue weighted by Crippen LogP contribution is 2.33. The number of rotatable bonds is 4. The zero-order valence-electron chi connectivity index (χ0n) is 16.7. The Hall–Kier alpha value is -2.37. The van der Waals surface area contributed by atoms with Gasteiger partial charge in [-0.2, -0.15) is 4.31 Å². The van der Waals surface area contributed by atoms with Crippen molar-refractivity contribution in [3.8, 4) is 0 Å². The molecule has 160 valence electrons. The average molecular weight is 450 g/mol. The van der Waals surface area contributed by atoms with E-state index < -0.39 is 10.0 Å². The minimum atomic E-state index is -3.66. The number of anilines is 2. The maximum absolute atomic E-state index is 12.8. The summed E-state index contributed by atoms with van der Waals surface area (Å²) in [7, 11) is -1.91. The Morgan fingerprint density at radius 1 is 1.30 bits per heavy atom. The van der Waals surface area contributed by atoms with E-state index in [0.717, 1.165) is 4.90 Å². The van der Waals surface area contributed by atoms with E-state index >= 15 is 0 Å². The largest absolute Gasteiger partial charge is 0.337 e. The van der Waals surface area contributed by atoms with Crippen LogP contribution >= 0.6 is 11.8 Å². The molecular formula is C19H23N5O4S2. The van der Waals surface area contributed by atoms with Crippen LogP contribution in [-0.4, -0.2) is 52.9 Å². The Bertz CT molecular complexity index is 1080. The van der Waals surface area contributed by atoms with Crippen molar-refractivity contribution in [3.05, 3.63) is 30.2 Å². The first-order valence-corrected chi connectivity index (χ1v) is 12.0. The predicted octanol–water partition coefficient (Wildman–Crippen LogP) is 1.81. The minimum Gasteiger partial charge on any atom is -0.337 e. The first kappa shape index (κ1) is 20.9. The van der Waals surface area contributed by atoms with Gasteiger partial charge in [0.2, 0.25) is 11.8 Å². The smallest absolute Gasteiger partial charge is 0.262 e. The van der Waals surface area contributed by atoms with Crippen molar-refractivity contribution in [1.29, 1.82) is 0 Å². The Labute approximate surface area is 179 Å². The summed E-state index contributed by atoms with van der Waals surface area (Å²) in [4.78, 5) is 29.3. The van der Waals surface area contributed by atoms with Crippen LogP contribution in [0, 0.1) is 12.8 Å². The number of thioether (sulfide) groups is 1. The molecule has 0 unspecified atom stereocenters. The van der Waals surface area contributed by atoms with Crippen molar-refractivity contribution < 1.29 is 18.0 Å². The minimum absolute atomic E-state index is 0.0411. The van der Waals surface area contributed by atoms with Crippen LogP contribution in [0.25, 0.3) is 0 Å². The second kappa shape index (κ2) is 8.05. The number of nitrogens with one attached hydrogen (secondary N) is 2. The van der Waals surface area contributed by atoms with Gasteiger partial charge in [0.15, 0.2) is 5.03 Å². The molecule has 3 heterocycles. The maximum atomic E-state index is 12.8. The van der Waals surface area contributed by atoms with Crippen LogP contribution < -0.4 is 10.6 Å². The third kappa shape index (κ3) is 4.09. The summed E-state index contributed by atoms with van der Waals surface area (Å²) in [6.45, 7) is 2.29. The Morgan fingerprint density at radius 2 is 2.03 bits per heavy atom. The summed E-state index contributed by atoms with van der Waals surface area (Å²) in [6, 6.07) is 5.43. The lowest BCUT2D eigenvalue weighted by Crippen LogP contribution is -2.41. The molecule has 0 radical (unpaired) electrons. The molecule has 0 aliphatic carbocycles. The van der Waals surface area contributed by atoms with E-state index in [0.29, 0.717) is 35.8 Å². The van der Waals surface area contributed by atoms with Crippen LogP contribution in [0.1, 0.15) is 18.7 Å². The number of amides is 2. The molecule has 0 bridgehead atoms. The van der Waals surface area contributed by atoms with E-state index in [1.54, 1.807) is 24.6 Å². The lowest BCUT2D eigenvalue weighted by atomic mass is 9.97. The molecule has 1 aromatic carbocycles. The molecule has 2 N–H and O–H groups in total. The number of hydrogen-bond donors (Lipinski definition) is 2. The summed E-state index contributed by atoms with van der Waals surface area (Å²) in [6.07, 6.45) is 2.39. The van der Waals surface area contributed by atoms with Gasteiger partial charge in [-0.25, -0.2) is 13.4 Å². The number of carbonyl (C=O) groups is 2. The molecular weight excluding hydrogens is 426 g/mol. The highest BCUT2D eigenvalue weighted by molar-refractivity contribution is 8.00. The Balaban J connectivity index is 1.38. The van der Waals surface area contributed by atoms with Gasteiger partial charge in [0, 0.05) is 42.8 Å². The predicted molar refractivity (Wildman–Crippen MR) is 114 cm³/mol. The van der Waals surface area contributed by atoms with Crippen molar-refractivity contribution in [2.24, 2.45) is 13.0 Å². The fourth-order valence-corrected chi connectivity index (χ4v) is 5.83. The lowest BCUT2D eigenvalue weighted by molar-refractivity contribution is -0.121. The SMILES string of the molecule is Cc1nc(S(=O)(=O)N2CCC(C(=O)Nc3ccc4c(c3)NC(=O)CS4)CC2)cn1C. The first-order chi connectivity index (χ1) is 14.2. The summed E-state index contributed by atoms with van der Waals surface area (Å²) in [5, 5.41) is 5.74. The number of aromatic nitrogens is 2. The second-order valence-electron chi connectivity index (χ2n) is 7.45.